The van der Waals surface area contributed by atoms with Crippen LogP contribution in [0.3, 0.4) is 0 Å². The fourth-order valence-electron chi connectivity index (χ4n) is 10.4. The maximum atomic E-state index is 15.5. The Labute approximate surface area is 348 Å². The molecule has 2 unspecified atom stereocenters. The molecule has 4 aromatic heterocycles. The Morgan fingerprint density at radius 3 is 2.56 bits per heavy atom. The van der Waals surface area contributed by atoms with Crippen molar-refractivity contribution in [3.8, 4) is 16.9 Å². The number of pyridine rings is 1. The highest BCUT2D eigenvalue weighted by molar-refractivity contribution is 5.94. The number of piperidine rings is 1. The van der Waals surface area contributed by atoms with Gasteiger partial charge in [-0.3, -0.25) is 9.69 Å². The molecule has 11 heterocycles. The summed E-state index contributed by atoms with van der Waals surface area (Å²) in [5.74, 6) is 0.334. The topological polar surface area (TPSA) is 135 Å². The van der Waals surface area contributed by atoms with Gasteiger partial charge in [0.1, 0.15) is 40.8 Å². The number of piperazine rings is 1. The summed E-state index contributed by atoms with van der Waals surface area (Å²) in [5.41, 5.74) is 2.90. The highest BCUT2D eigenvalue weighted by atomic mass is 19.1. The van der Waals surface area contributed by atoms with Gasteiger partial charge in [-0.15, -0.1) is 0 Å². The van der Waals surface area contributed by atoms with Gasteiger partial charge in [0.15, 0.2) is 11.5 Å². The number of nitrogens with one attached hydrogen (secondary N) is 1. The highest BCUT2D eigenvalue weighted by Gasteiger charge is 2.49. The second-order valence-corrected chi connectivity index (χ2v) is 17.2. The molecule has 8 bridgehead atoms. The van der Waals surface area contributed by atoms with Crippen LogP contribution in [0.15, 0.2) is 54.7 Å². The number of benzene rings is 2. The molecule has 6 fully saturated rings. The third-order valence-electron chi connectivity index (χ3n) is 13.4. The lowest BCUT2D eigenvalue weighted by Crippen LogP contribution is -2.72. The summed E-state index contributed by atoms with van der Waals surface area (Å²) in [6.45, 7) is 7.14. The minimum atomic E-state index is -0.776. The molecular weight excluding hydrogens is 790 g/mol. The van der Waals surface area contributed by atoms with E-state index in [1.54, 1.807) is 6.20 Å². The smallest absolute Gasteiger partial charge is 0.245 e. The molecule has 5 atom stereocenters. The van der Waals surface area contributed by atoms with Crippen LogP contribution in [-0.2, 0) is 20.8 Å². The van der Waals surface area contributed by atoms with Crippen molar-refractivity contribution in [2.75, 3.05) is 67.7 Å². The van der Waals surface area contributed by atoms with Crippen molar-refractivity contribution in [3.63, 3.8) is 0 Å². The van der Waals surface area contributed by atoms with Crippen LogP contribution in [0.25, 0.3) is 39.0 Å². The van der Waals surface area contributed by atoms with Gasteiger partial charge in [0.2, 0.25) is 11.9 Å². The maximum Gasteiger partial charge on any atom is 0.245 e. The molecule has 7 aliphatic rings. The first-order chi connectivity index (χ1) is 29.7. The number of hydrogen-bond donors (Lipinski definition) is 1. The fourth-order valence-corrected chi connectivity index (χ4v) is 10.4. The third kappa shape index (κ3) is 6.12. The maximum absolute atomic E-state index is 15.5. The Morgan fingerprint density at radius 1 is 0.869 bits per heavy atom. The average molecular weight is 833 g/mol. The van der Waals surface area contributed by atoms with Gasteiger partial charge in [0.05, 0.1) is 60.2 Å². The van der Waals surface area contributed by atoms with Crippen molar-refractivity contribution in [1.29, 1.82) is 0 Å². The number of carbonyl (C=O) groups excluding carboxylic acids is 1. The number of hydrogen-bond acceptors (Lipinski definition) is 12. The zero-order chi connectivity index (χ0) is 41.1. The highest BCUT2D eigenvalue weighted by Crippen LogP contribution is 2.41. The van der Waals surface area contributed by atoms with E-state index >= 15 is 13.6 Å². The minimum Gasteiger partial charge on any atom is -0.378 e. The molecule has 0 aliphatic carbocycles. The second kappa shape index (κ2) is 14.1. The third-order valence-corrected chi connectivity index (χ3v) is 13.4. The first-order valence-electron chi connectivity index (χ1n) is 21.1. The van der Waals surface area contributed by atoms with Crippen LogP contribution in [0.2, 0.25) is 0 Å². The van der Waals surface area contributed by atoms with Crippen molar-refractivity contribution < 1.29 is 27.4 Å². The molecule has 2 aromatic carbocycles. The number of ether oxygens (including phenoxy) is 2. The van der Waals surface area contributed by atoms with E-state index in [4.69, 9.17) is 29.4 Å². The van der Waals surface area contributed by atoms with E-state index in [0.29, 0.717) is 103 Å². The quantitative estimate of drug-likeness (QED) is 0.272. The number of imidazole rings is 1. The van der Waals surface area contributed by atoms with Gasteiger partial charge in [0.25, 0.3) is 0 Å². The van der Waals surface area contributed by atoms with Crippen molar-refractivity contribution in [2.24, 2.45) is 0 Å². The number of aryl methyl sites for hydroxylation is 1. The van der Waals surface area contributed by atoms with E-state index < -0.39 is 23.5 Å². The van der Waals surface area contributed by atoms with E-state index in [2.05, 4.69) is 20.2 Å². The normalized spacial score (nSPS) is 25.5. The predicted octanol–water partition coefficient (Wildman–Crippen LogP) is 4.31. The molecule has 314 valence electrons. The van der Waals surface area contributed by atoms with Crippen LogP contribution in [0.1, 0.15) is 25.1 Å². The van der Waals surface area contributed by atoms with Gasteiger partial charge in [-0.2, -0.15) is 15.1 Å². The fraction of sp³-hybridized carbons (Fsp3) is 0.442. The summed E-state index contributed by atoms with van der Waals surface area (Å²) in [7, 11) is 0. The van der Waals surface area contributed by atoms with Gasteiger partial charge in [-0.1, -0.05) is 6.07 Å². The molecule has 13 rings (SSSR count). The molecule has 6 aromatic rings. The minimum absolute atomic E-state index is 0.0513. The van der Waals surface area contributed by atoms with Crippen LogP contribution in [0, 0.1) is 24.4 Å². The summed E-state index contributed by atoms with van der Waals surface area (Å²) in [5, 5.41) is 8.77. The lowest BCUT2D eigenvalue weighted by Gasteiger charge is -2.58. The standard InChI is InChI=1S/C43H43F3N12O3/c1-23-48-35-12-25(45)10-31-34-4-2-5-38(50-34)49-26-13-37(42(59)53-8-3-9-61-30(19-53)20-55(23)39(31)35)56(16-26)40-32-15-47-58(36-7-6-24(44)11-33(36)46)41(32)52-43(51-40)57-27-14-28(57)18-54(17-27)29-21-60-22-29/h2,4-7,10-12,15,26-30,37H,3,8-9,13-14,16-22H2,1H3,(H,49,50)/t26-,27?,28?,30+,37-/m0/s1. The Bertz CT molecular complexity index is 2730. The van der Waals surface area contributed by atoms with Gasteiger partial charge in [-0.25, -0.2) is 27.8 Å². The zero-order valence-corrected chi connectivity index (χ0v) is 33.4. The van der Waals surface area contributed by atoms with E-state index in [1.165, 1.54) is 28.9 Å². The zero-order valence-electron chi connectivity index (χ0n) is 33.4. The van der Waals surface area contributed by atoms with Gasteiger partial charge in [0, 0.05) is 75.2 Å². The molecule has 1 amide bonds. The van der Waals surface area contributed by atoms with Crippen LogP contribution in [0.5, 0.6) is 0 Å². The lowest BCUT2D eigenvalue weighted by molar-refractivity contribution is -0.133. The number of amides is 1. The molecule has 0 spiro atoms. The Morgan fingerprint density at radius 2 is 1.74 bits per heavy atom. The van der Waals surface area contributed by atoms with Crippen molar-refractivity contribution in [2.45, 2.75) is 69.0 Å². The van der Waals surface area contributed by atoms with Crippen LogP contribution < -0.4 is 15.1 Å². The van der Waals surface area contributed by atoms with E-state index in [1.807, 2.05) is 39.5 Å². The summed E-state index contributed by atoms with van der Waals surface area (Å²) in [6, 6.07) is 11.8. The number of fused-ring (bicyclic) bond motifs is 10. The largest absolute Gasteiger partial charge is 0.378 e. The van der Waals surface area contributed by atoms with E-state index in [0.717, 1.165) is 44.3 Å². The van der Waals surface area contributed by atoms with Crippen LogP contribution in [-0.4, -0.2) is 139 Å². The van der Waals surface area contributed by atoms with Gasteiger partial charge < -0.3 is 34.1 Å². The Balaban J connectivity index is 0.981. The van der Waals surface area contributed by atoms with Crippen LogP contribution in [0.4, 0.5) is 30.8 Å². The first-order valence-corrected chi connectivity index (χ1v) is 21.1. The van der Waals surface area contributed by atoms with Crippen molar-refractivity contribution in [1.82, 2.24) is 44.1 Å². The summed E-state index contributed by atoms with van der Waals surface area (Å²) >= 11 is 0. The van der Waals surface area contributed by atoms with Crippen molar-refractivity contribution in [3.05, 3.63) is 78.0 Å². The lowest BCUT2D eigenvalue weighted by atomic mass is 9.86. The molecule has 0 radical (unpaired) electrons. The SMILES string of the molecule is Cc1nc2cc(F)cc3c2n1C[C@H]1CN(CCCO1)C(=O)[C@@H]1C[C@@H](CN1c1nc(N2C4CC2CN(C2COC2)C4)nc2c1cnn2-c1ccc(F)cc1F)Nc1cccc-3n1. The molecule has 1 N–H and O–H groups in total. The number of rotatable bonds is 4. The average Bonchev–Trinajstić information content (AvgIpc) is 3.86. The number of halogens is 3. The summed E-state index contributed by atoms with van der Waals surface area (Å²) in [4.78, 5) is 44.0. The summed E-state index contributed by atoms with van der Waals surface area (Å²) < 4.78 is 60.3. The molecule has 18 heteroatoms. The molecule has 15 nitrogen and oxygen atoms in total. The van der Waals surface area contributed by atoms with Crippen molar-refractivity contribution >= 4 is 45.6 Å². The number of nitrogens with zero attached hydrogens (tertiary/aromatic N) is 11. The molecule has 6 saturated heterocycles. The van der Waals surface area contributed by atoms with E-state index in [9.17, 15) is 4.39 Å². The Kier molecular flexibility index (Phi) is 8.54. The Hall–Kier alpha value is -5.85. The molecule has 61 heavy (non-hydrogen) atoms. The molecule has 7 aliphatic heterocycles. The van der Waals surface area contributed by atoms with Gasteiger partial charge in [-0.05, 0) is 56.5 Å². The van der Waals surface area contributed by atoms with E-state index in [-0.39, 0.29) is 35.8 Å². The summed E-state index contributed by atoms with van der Waals surface area (Å²) in [6.07, 6.45) is 3.31. The molecule has 0 saturated carbocycles. The van der Waals surface area contributed by atoms with Gasteiger partial charge >= 0.3 is 0 Å². The number of anilines is 3. The monoisotopic (exact) mass is 832 g/mol. The first kappa shape index (κ1) is 37.0. The number of carbonyl (C=O) groups is 1. The predicted molar refractivity (Wildman–Crippen MR) is 219 cm³/mol. The molecular formula is C43H43F3N12O3. The number of aromatic nitrogens is 7. The van der Waals surface area contributed by atoms with Crippen LogP contribution >= 0.6 is 0 Å². The second-order valence-electron chi connectivity index (χ2n) is 17.2.